The van der Waals surface area contributed by atoms with Gasteiger partial charge in [-0.15, -0.1) is 0 Å². The van der Waals surface area contributed by atoms with E-state index in [4.69, 9.17) is 24.2 Å². The van der Waals surface area contributed by atoms with Gasteiger partial charge in [0.2, 0.25) is 5.91 Å². The van der Waals surface area contributed by atoms with Crippen molar-refractivity contribution >= 4 is 50.9 Å². The monoisotopic (exact) mass is 827 g/mol. The lowest BCUT2D eigenvalue weighted by molar-refractivity contribution is -0.135. The van der Waals surface area contributed by atoms with Crippen molar-refractivity contribution in [1.29, 1.82) is 0 Å². The van der Waals surface area contributed by atoms with Gasteiger partial charge in [0.25, 0.3) is 0 Å². The third kappa shape index (κ3) is 6.71. The SMILES string of the molecule is COC[C@@H]1CN(C(=O)O)[C@](c2nc3ccc4cc5c(cc4c3[nH]2)OCc2cc(-c3ccc4nc([C@@H]6CCCN6C(=O)[C@@H](NC(=O)OC)C(C)C)[nH]c4c3)ccc2-5)(C(C)(C)C)C1. The zero-order valence-electron chi connectivity index (χ0n) is 35.7. The summed E-state index contributed by atoms with van der Waals surface area (Å²) in [6.45, 7) is 11.9. The molecule has 0 radical (unpaired) electrons. The Kier molecular flexibility index (Phi) is 9.96. The summed E-state index contributed by atoms with van der Waals surface area (Å²) in [6, 6.07) is 20.0. The first-order valence-corrected chi connectivity index (χ1v) is 21.1. The summed E-state index contributed by atoms with van der Waals surface area (Å²) < 4.78 is 16.8. The number of methoxy groups -OCH3 is 2. The number of benzene rings is 4. The number of H-pyrrole nitrogens is 2. The Hall–Kier alpha value is -6.15. The highest BCUT2D eigenvalue weighted by Gasteiger charge is 2.58. The molecule has 61 heavy (non-hydrogen) atoms. The maximum atomic E-state index is 13.7. The van der Waals surface area contributed by atoms with E-state index >= 15 is 0 Å². The molecule has 2 fully saturated rings. The van der Waals surface area contributed by atoms with Gasteiger partial charge in [-0.1, -0.05) is 58.9 Å². The zero-order chi connectivity index (χ0) is 43.0. The fraction of sp³-hybridized carbons (Fsp3) is 0.426. The van der Waals surface area contributed by atoms with Gasteiger partial charge < -0.3 is 39.5 Å². The largest absolute Gasteiger partial charge is 0.488 e. The molecule has 14 heteroatoms. The molecule has 3 aliphatic heterocycles. The predicted octanol–water partition coefficient (Wildman–Crippen LogP) is 8.75. The van der Waals surface area contributed by atoms with Crippen LogP contribution in [0.1, 0.15) is 77.1 Å². The molecular formula is C47H53N7O7. The van der Waals surface area contributed by atoms with Crippen molar-refractivity contribution in [3.8, 4) is 28.0 Å². The fourth-order valence-electron chi connectivity index (χ4n) is 10.1. The second kappa shape index (κ2) is 15.1. The van der Waals surface area contributed by atoms with E-state index in [0.29, 0.717) is 38.5 Å². The molecule has 4 atom stereocenters. The van der Waals surface area contributed by atoms with Gasteiger partial charge in [-0.3, -0.25) is 9.69 Å². The number of carboxylic acid groups (broad SMARTS) is 1. The van der Waals surface area contributed by atoms with Crippen molar-refractivity contribution in [1.82, 2.24) is 35.1 Å². The number of carbonyl (C=O) groups is 3. The molecule has 6 aromatic rings. The molecule has 3 amide bonds. The molecule has 2 saturated heterocycles. The molecule has 2 aromatic heterocycles. The number of nitrogens with one attached hydrogen (secondary N) is 3. The molecule has 0 unspecified atom stereocenters. The zero-order valence-corrected chi connectivity index (χ0v) is 35.7. The average Bonchev–Trinajstić information content (AvgIpc) is 4.05. The molecule has 0 aliphatic carbocycles. The Bertz CT molecular complexity index is 2710. The van der Waals surface area contributed by atoms with Gasteiger partial charge >= 0.3 is 12.2 Å². The summed E-state index contributed by atoms with van der Waals surface area (Å²) in [5.74, 6) is 1.94. The van der Waals surface area contributed by atoms with Crippen LogP contribution in [0.2, 0.25) is 0 Å². The van der Waals surface area contributed by atoms with Crippen LogP contribution in [0.4, 0.5) is 9.59 Å². The number of fused-ring (bicyclic) bond motifs is 7. The van der Waals surface area contributed by atoms with Gasteiger partial charge in [0.15, 0.2) is 0 Å². The van der Waals surface area contributed by atoms with Crippen molar-refractivity contribution in [2.45, 2.75) is 78.1 Å². The number of hydrogen-bond donors (Lipinski definition) is 4. The number of aromatic amines is 2. The Balaban J connectivity index is 1.01. The second-order valence-electron chi connectivity index (χ2n) is 18.2. The smallest absolute Gasteiger partial charge is 0.408 e. The van der Waals surface area contributed by atoms with Gasteiger partial charge in [0, 0.05) is 37.1 Å². The maximum Gasteiger partial charge on any atom is 0.408 e. The summed E-state index contributed by atoms with van der Waals surface area (Å²) in [5, 5.41) is 15.2. The fourth-order valence-corrected chi connectivity index (χ4v) is 10.1. The van der Waals surface area contributed by atoms with Crippen molar-refractivity contribution in [2.24, 2.45) is 17.3 Å². The van der Waals surface area contributed by atoms with Crippen LogP contribution in [-0.2, 0) is 26.4 Å². The van der Waals surface area contributed by atoms with Crippen LogP contribution < -0.4 is 10.1 Å². The molecule has 3 aliphatic rings. The molecule has 0 spiro atoms. The number of alkyl carbamates (subject to hydrolysis) is 1. The average molecular weight is 828 g/mol. The number of rotatable bonds is 8. The van der Waals surface area contributed by atoms with E-state index in [-0.39, 0.29) is 23.8 Å². The lowest BCUT2D eigenvalue weighted by atomic mass is 9.70. The summed E-state index contributed by atoms with van der Waals surface area (Å²) >= 11 is 0. The van der Waals surface area contributed by atoms with E-state index in [2.05, 4.69) is 84.6 Å². The number of amides is 3. The minimum Gasteiger partial charge on any atom is -0.488 e. The minimum atomic E-state index is -0.965. The van der Waals surface area contributed by atoms with Crippen LogP contribution in [0.3, 0.4) is 0 Å². The van der Waals surface area contributed by atoms with Crippen LogP contribution in [-0.4, -0.2) is 92.9 Å². The number of ether oxygens (including phenoxy) is 3. The molecule has 318 valence electrons. The number of carbonyl (C=O) groups excluding carboxylic acids is 2. The molecular weight excluding hydrogens is 775 g/mol. The number of imidazole rings is 2. The first-order valence-electron chi connectivity index (χ1n) is 21.1. The molecule has 9 rings (SSSR count). The Morgan fingerprint density at radius 3 is 2.49 bits per heavy atom. The lowest BCUT2D eigenvalue weighted by Crippen LogP contribution is -2.53. The third-order valence-corrected chi connectivity index (χ3v) is 13.2. The molecule has 0 bridgehead atoms. The van der Waals surface area contributed by atoms with Crippen LogP contribution in [0.5, 0.6) is 5.75 Å². The first kappa shape index (κ1) is 40.3. The highest BCUT2D eigenvalue weighted by molar-refractivity contribution is 6.07. The molecule has 14 nitrogen and oxygen atoms in total. The maximum absolute atomic E-state index is 13.7. The third-order valence-electron chi connectivity index (χ3n) is 13.2. The standard InChI is InChI=1S/C47H53N7O7/c1-25(2)39(52-44(56)60-7)42(55)53-16-8-9-37(53)41-48-34-14-11-28(19-36(34)49-41)27-10-13-31-30(17-27)24-61-38-20-32-29(18-33(31)38)12-15-35-40(32)51-43(50-35)47(46(3,4)5)21-26(23-59-6)22-54(47)45(57)58/h10-15,17-20,25-26,37,39H,8-9,16,21-24H2,1-7H3,(H,48,49)(H,50,51)(H,52,56)(H,57,58)/t26-,37-,39-,47+/m0/s1. The van der Waals surface area contributed by atoms with Gasteiger partial charge in [-0.2, -0.15) is 0 Å². The predicted molar refractivity (Wildman–Crippen MR) is 232 cm³/mol. The molecule has 4 aromatic carbocycles. The van der Waals surface area contributed by atoms with Crippen molar-refractivity contribution < 1.29 is 33.7 Å². The lowest BCUT2D eigenvalue weighted by Gasteiger charge is -2.45. The molecule has 4 N–H and O–H groups in total. The normalized spacial score (nSPS) is 20.6. The Morgan fingerprint density at radius 2 is 1.75 bits per heavy atom. The number of likely N-dealkylation sites (tertiary alicyclic amines) is 2. The first-order chi connectivity index (χ1) is 29.2. The molecule has 5 heterocycles. The summed E-state index contributed by atoms with van der Waals surface area (Å²) in [5.41, 5.74) is 7.25. The summed E-state index contributed by atoms with van der Waals surface area (Å²) in [6.07, 6.45) is 0.623. The summed E-state index contributed by atoms with van der Waals surface area (Å²) in [7, 11) is 2.95. The van der Waals surface area contributed by atoms with E-state index in [1.807, 2.05) is 30.9 Å². The van der Waals surface area contributed by atoms with Crippen LogP contribution in [0.15, 0.2) is 60.7 Å². The summed E-state index contributed by atoms with van der Waals surface area (Å²) in [4.78, 5) is 59.1. The van der Waals surface area contributed by atoms with Crippen LogP contribution in [0, 0.1) is 17.3 Å². The quantitative estimate of drug-likeness (QED) is 0.117. The van der Waals surface area contributed by atoms with Gasteiger partial charge in [0.05, 0.1) is 41.8 Å². The van der Waals surface area contributed by atoms with E-state index in [1.165, 1.54) is 7.11 Å². The number of nitrogens with zero attached hydrogens (tertiary/aromatic N) is 4. The van der Waals surface area contributed by atoms with E-state index in [0.717, 1.165) is 85.1 Å². The van der Waals surface area contributed by atoms with Crippen molar-refractivity contribution in [3.63, 3.8) is 0 Å². The van der Waals surface area contributed by atoms with Crippen molar-refractivity contribution in [3.05, 3.63) is 77.9 Å². The van der Waals surface area contributed by atoms with E-state index in [9.17, 15) is 19.5 Å². The Morgan fingerprint density at radius 1 is 0.984 bits per heavy atom. The van der Waals surface area contributed by atoms with Gasteiger partial charge in [-0.05, 0) is 94.6 Å². The Labute approximate surface area is 354 Å². The highest BCUT2D eigenvalue weighted by Crippen LogP contribution is 2.53. The van der Waals surface area contributed by atoms with E-state index in [1.54, 1.807) is 12.0 Å². The van der Waals surface area contributed by atoms with Crippen molar-refractivity contribution in [2.75, 3.05) is 33.9 Å². The van der Waals surface area contributed by atoms with Gasteiger partial charge in [0.1, 0.15) is 35.6 Å². The number of hydrogen-bond acceptors (Lipinski definition) is 8. The van der Waals surface area contributed by atoms with E-state index < -0.39 is 29.2 Å². The number of aromatic nitrogens is 4. The topological polar surface area (TPSA) is 175 Å². The van der Waals surface area contributed by atoms with Crippen LogP contribution >= 0.6 is 0 Å². The second-order valence-corrected chi connectivity index (χ2v) is 18.2. The van der Waals surface area contributed by atoms with Gasteiger partial charge in [-0.25, -0.2) is 19.6 Å². The highest BCUT2D eigenvalue weighted by atomic mass is 16.5. The molecule has 0 saturated carbocycles. The minimum absolute atomic E-state index is 0.0435. The van der Waals surface area contributed by atoms with Crippen LogP contribution in [0.25, 0.3) is 55.1 Å².